The van der Waals surface area contributed by atoms with Crippen molar-refractivity contribution < 1.29 is 9.67 Å². The van der Waals surface area contributed by atoms with Gasteiger partial charge in [-0.1, -0.05) is 84.9 Å². The highest BCUT2D eigenvalue weighted by Gasteiger charge is 2.51. The Hall–Kier alpha value is -1.46. The van der Waals surface area contributed by atoms with Gasteiger partial charge >= 0.3 is 5.95 Å². The molecule has 1 aliphatic rings. The summed E-state index contributed by atoms with van der Waals surface area (Å²) in [6.45, 7) is 3.57. The van der Waals surface area contributed by atoms with Gasteiger partial charge in [-0.25, -0.2) is 9.47 Å². The first-order chi connectivity index (χ1) is 13.1. The number of hydrogen-bond donors (Lipinski definition) is 1. The zero-order valence-corrected chi connectivity index (χ0v) is 17.9. The molecule has 1 aliphatic heterocycles. The van der Waals surface area contributed by atoms with Crippen molar-refractivity contribution in [2.75, 3.05) is 11.4 Å². The number of halogens is 1. The highest BCUT2D eigenvalue weighted by atomic mass is 79.9. The maximum Gasteiger partial charge on any atom is 0.396 e. The van der Waals surface area contributed by atoms with E-state index in [0.29, 0.717) is 6.54 Å². The zero-order valence-electron chi connectivity index (χ0n) is 16.3. The van der Waals surface area contributed by atoms with E-state index in [1.165, 1.54) is 44.9 Å². The second kappa shape index (κ2) is 9.65. The summed E-state index contributed by atoms with van der Waals surface area (Å²) < 4.78 is 3.03. The summed E-state index contributed by atoms with van der Waals surface area (Å²) in [6.07, 6.45) is 14.0. The van der Waals surface area contributed by atoms with Gasteiger partial charge in [-0.3, -0.25) is 0 Å². The van der Waals surface area contributed by atoms with Crippen LogP contribution in [0.1, 0.15) is 63.9 Å². The second-order valence-corrected chi connectivity index (χ2v) is 8.42. The maximum absolute atomic E-state index is 11.6. The van der Waals surface area contributed by atoms with Gasteiger partial charge in [0.05, 0.1) is 12.7 Å². The first-order valence-electron chi connectivity index (χ1n) is 10.3. The summed E-state index contributed by atoms with van der Waals surface area (Å²) >= 11 is 3.54. The number of aliphatic hydroxyl groups is 1. The van der Waals surface area contributed by atoms with E-state index in [1.54, 1.807) is 6.20 Å². The van der Waals surface area contributed by atoms with Crippen LogP contribution in [0.3, 0.4) is 0 Å². The minimum atomic E-state index is -1.05. The van der Waals surface area contributed by atoms with Gasteiger partial charge in [0.2, 0.25) is 5.72 Å². The molecule has 1 atom stereocenters. The number of aromatic nitrogens is 2. The van der Waals surface area contributed by atoms with Gasteiger partial charge in [0.1, 0.15) is 12.7 Å². The average Bonchev–Trinajstić information content (AvgIpc) is 2.97. The molecular formula is C22H31BrN3O+. The van der Waals surface area contributed by atoms with Crippen LogP contribution in [-0.2, 0) is 12.3 Å². The number of anilines is 1. The summed E-state index contributed by atoms with van der Waals surface area (Å²) in [7, 11) is 0. The van der Waals surface area contributed by atoms with Crippen LogP contribution in [0.4, 0.5) is 5.95 Å². The molecule has 0 amide bonds. The van der Waals surface area contributed by atoms with Crippen LogP contribution in [0.2, 0.25) is 0 Å². The summed E-state index contributed by atoms with van der Waals surface area (Å²) in [5, 5.41) is 11.6. The SMILES string of the molecule is CCCCCCCCCCN1c2nccc[n+]2CC1(O)c1cccc(Br)c1. The largest absolute Gasteiger partial charge is 0.396 e. The predicted molar refractivity (Wildman–Crippen MR) is 112 cm³/mol. The molecule has 3 rings (SSSR count). The van der Waals surface area contributed by atoms with Crippen LogP contribution in [-0.4, -0.2) is 16.6 Å². The Morgan fingerprint density at radius 3 is 2.59 bits per heavy atom. The van der Waals surface area contributed by atoms with Crippen LogP contribution < -0.4 is 9.47 Å². The van der Waals surface area contributed by atoms with Gasteiger partial charge in [0.15, 0.2) is 0 Å². The lowest BCUT2D eigenvalue weighted by Gasteiger charge is -2.28. The van der Waals surface area contributed by atoms with Crippen molar-refractivity contribution in [3.63, 3.8) is 0 Å². The Morgan fingerprint density at radius 1 is 1.11 bits per heavy atom. The molecule has 1 aromatic carbocycles. The molecular weight excluding hydrogens is 402 g/mol. The fourth-order valence-corrected chi connectivity index (χ4v) is 4.30. The number of unbranched alkanes of at least 4 members (excludes halogenated alkanes) is 7. The zero-order chi connectivity index (χ0) is 19.1. The third-order valence-electron chi connectivity index (χ3n) is 5.40. The smallest absolute Gasteiger partial charge is 0.353 e. The molecule has 27 heavy (non-hydrogen) atoms. The normalized spacial score (nSPS) is 18.7. The van der Waals surface area contributed by atoms with Gasteiger partial charge in [0.25, 0.3) is 0 Å². The molecule has 1 aromatic heterocycles. The molecule has 0 saturated heterocycles. The van der Waals surface area contributed by atoms with Crippen molar-refractivity contribution in [3.05, 3.63) is 52.8 Å². The van der Waals surface area contributed by atoms with Crippen molar-refractivity contribution in [1.29, 1.82) is 0 Å². The molecule has 2 aromatic rings. The lowest BCUT2D eigenvalue weighted by Crippen LogP contribution is -2.46. The van der Waals surface area contributed by atoms with E-state index >= 15 is 0 Å². The highest BCUT2D eigenvalue weighted by Crippen LogP contribution is 2.35. The first kappa shape index (κ1) is 20.3. The van der Waals surface area contributed by atoms with Crippen molar-refractivity contribution in [1.82, 2.24) is 4.98 Å². The van der Waals surface area contributed by atoms with Crippen LogP contribution in [0.5, 0.6) is 0 Å². The van der Waals surface area contributed by atoms with E-state index in [0.717, 1.165) is 29.0 Å². The summed E-state index contributed by atoms with van der Waals surface area (Å²) in [5.41, 5.74) is -0.145. The number of rotatable bonds is 10. The van der Waals surface area contributed by atoms with E-state index in [2.05, 4.69) is 32.7 Å². The Kier molecular flexibility index (Phi) is 7.25. The third-order valence-corrected chi connectivity index (χ3v) is 5.89. The summed E-state index contributed by atoms with van der Waals surface area (Å²) in [5.74, 6) is 0.850. The molecule has 5 heteroatoms. The fourth-order valence-electron chi connectivity index (χ4n) is 3.90. The van der Waals surface area contributed by atoms with Crippen molar-refractivity contribution >= 4 is 21.9 Å². The lowest BCUT2D eigenvalue weighted by molar-refractivity contribution is -0.685. The molecule has 4 nitrogen and oxygen atoms in total. The molecule has 0 bridgehead atoms. The van der Waals surface area contributed by atoms with E-state index in [4.69, 9.17) is 0 Å². The Labute approximate surface area is 171 Å². The first-order valence-corrected chi connectivity index (χ1v) is 11.0. The van der Waals surface area contributed by atoms with Gasteiger partial charge < -0.3 is 5.11 Å². The number of hydrogen-bond acceptors (Lipinski definition) is 3. The van der Waals surface area contributed by atoms with E-state index in [9.17, 15) is 5.11 Å². The molecule has 146 valence electrons. The number of nitrogens with zero attached hydrogens (tertiary/aromatic N) is 3. The second-order valence-electron chi connectivity index (χ2n) is 7.50. The van der Waals surface area contributed by atoms with E-state index < -0.39 is 5.72 Å². The predicted octanol–water partition coefficient (Wildman–Crippen LogP) is 4.94. The van der Waals surface area contributed by atoms with Crippen LogP contribution >= 0.6 is 15.9 Å². The van der Waals surface area contributed by atoms with Gasteiger partial charge in [-0.15, -0.1) is 0 Å². The van der Waals surface area contributed by atoms with Gasteiger partial charge in [-0.05, 0) is 18.6 Å². The highest BCUT2D eigenvalue weighted by molar-refractivity contribution is 9.10. The summed E-state index contributed by atoms with van der Waals surface area (Å²) in [4.78, 5) is 6.63. The van der Waals surface area contributed by atoms with E-state index in [1.807, 2.05) is 41.1 Å². The molecule has 0 radical (unpaired) electrons. The molecule has 0 saturated carbocycles. The molecule has 0 fully saturated rings. The maximum atomic E-state index is 11.6. The topological polar surface area (TPSA) is 40.2 Å². The minimum absolute atomic E-state index is 0.504. The molecule has 0 spiro atoms. The van der Waals surface area contributed by atoms with Crippen LogP contribution in [0.25, 0.3) is 0 Å². The molecule has 0 aliphatic carbocycles. The number of fused-ring (bicyclic) bond motifs is 1. The van der Waals surface area contributed by atoms with Crippen molar-refractivity contribution in [2.45, 2.75) is 70.6 Å². The average molecular weight is 433 g/mol. The van der Waals surface area contributed by atoms with Crippen molar-refractivity contribution in [2.24, 2.45) is 0 Å². The minimum Gasteiger partial charge on any atom is -0.353 e. The Morgan fingerprint density at radius 2 is 1.85 bits per heavy atom. The quantitative estimate of drug-likeness (QED) is 0.426. The van der Waals surface area contributed by atoms with Crippen molar-refractivity contribution in [3.8, 4) is 0 Å². The fraction of sp³-hybridized carbons (Fsp3) is 0.545. The monoisotopic (exact) mass is 432 g/mol. The van der Waals surface area contributed by atoms with Crippen LogP contribution in [0, 0.1) is 0 Å². The van der Waals surface area contributed by atoms with Gasteiger partial charge in [-0.2, -0.15) is 0 Å². The molecule has 1 unspecified atom stereocenters. The number of benzene rings is 1. The third kappa shape index (κ3) is 4.88. The Bertz CT molecular complexity index is 739. The molecule has 1 N–H and O–H groups in total. The molecule has 2 heterocycles. The van der Waals surface area contributed by atoms with E-state index in [-0.39, 0.29) is 0 Å². The Balaban J connectivity index is 1.64. The van der Waals surface area contributed by atoms with Gasteiger partial charge in [0, 0.05) is 16.1 Å². The lowest BCUT2D eigenvalue weighted by atomic mass is 10.0. The van der Waals surface area contributed by atoms with Crippen LogP contribution in [0.15, 0.2) is 47.2 Å². The standard InChI is InChI=1S/C22H31BrN3O/c1-2-3-4-5-6-7-8-9-16-26-21-24-14-11-15-25(21)18-22(26,27)19-12-10-13-20(23)17-19/h10-15,17,27H,2-9,16,18H2,1H3/q+1. The summed E-state index contributed by atoms with van der Waals surface area (Å²) in [6, 6.07) is 9.89.